The fraction of sp³-hybridized carbons (Fsp3) is 0.368. The molecule has 0 amide bonds. The number of hydrogen-bond donors (Lipinski definition) is 1. The summed E-state index contributed by atoms with van der Waals surface area (Å²) in [6, 6.07) is 7.70. The van der Waals surface area contributed by atoms with Crippen LogP contribution in [0, 0.1) is 18.6 Å². The van der Waals surface area contributed by atoms with Crippen LogP contribution >= 0.6 is 23.5 Å². The number of hydrogen-bond acceptors (Lipinski definition) is 4. The third-order valence-electron chi connectivity index (χ3n) is 4.28. The number of benzene rings is 2. The standard InChI is InChI=1S/C19H18F4O2S2/c1-11-7-12(3-4-16(11)25-18(22)23)17(24)19(26-5-2-6-27-19)13-8-14(20)10-15(21)9-13/h3-4,7-10,17-18,24H,2,5-6H2,1H3. The second-order valence-electron chi connectivity index (χ2n) is 6.18. The summed E-state index contributed by atoms with van der Waals surface area (Å²) in [6.45, 7) is -1.34. The van der Waals surface area contributed by atoms with Crippen LogP contribution in [0.4, 0.5) is 17.6 Å². The van der Waals surface area contributed by atoms with Gasteiger partial charge in [-0.1, -0.05) is 6.07 Å². The largest absolute Gasteiger partial charge is 0.435 e. The van der Waals surface area contributed by atoms with Crippen molar-refractivity contribution in [1.82, 2.24) is 0 Å². The van der Waals surface area contributed by atoms with E-state index >= 15 is 0 Å². The maximum atomic E-state index is 13.8. The van der Waals surface area contributed by atoms with E-state index < -0.39 is 28.4 Å². The first-order valence-corrected chi connectivity index (χ1v) is 10.3. The Bertz CT molecular complexity index is 790. The SMILES string of the molecule is Cc1cc(C(O)C2(c3cc(F)cc(F)c3)SCCCS2)ccc1OC(F)F. The number of aryl methyl sites for hydroxylation is 1. The van der Waals surface area contributed by atoms with Gasteiger partial charge in [0.1, 0.15) is 27.6 Å². The van der Waals surface area contributed by atoms with Crippen molar-refractivity contribution in [2.75, 3.05) is 11.5 Å². The molecule has 0 bridgehead atoms. The molecule has 146 valence electrons. The van der Waals surface area contributed by atoms with Crippen LogP contribution in [0.15, 0.2) is 36.4 Å². The number of thioether (sulfide) groups is 2. The van der Waals surface area contributed by atoms with Crippen LogP contribution in [0.3, 0.4) is 0 Å². The number of halogens is 4. The average molecular weight is 418 g/mol. The summed E-state index contributed by atoms with van der Waals surface area (Å²) in [5.41, 5.74) is 1.27. The first-order valence-electron chi connectivity index (χ1n) is 8.30. The van der Waals surface area contributed by atoms with Crippen LogP contribution in [0.2, 0.25) is 0 Å². The van der Waals surface area contributed by atoms with Gasteiger partial charge in [-0.2, -0.15) is 8.78 Å². The topological polar surface area (TPSA) is 29.5 Å². The van der Waals surface area contributed by atoms with Crippen molar-refractivity contribution in [2.24, 2.45) is 0 Å². The van der Waals surface area contributed by atoms with Crippen LogP contribution in [-0.4, -0.2) is 23.2 Å². The van der Waals surface area contributed by atoms with E-state index in [1.807, 2.05) is 0 Å². The molecule has 0 saturated carbocycles. The fourth-order valence-corrected chi connectivity index (χ4v) is 6.43. The molecule has 1 atom stereocenters. The van der Waals surface area contributed by atoms with Gasteiger partial charge >= 0.3 is 6.61 Å². The lowest BCUT2D eigenvalue weighted by Gasteiger charge is -2.40. The zero-order valence-electron chi connectivity index (χ0n) is 14.4. The first-order chi connectivity index (χ1) is 12.8. The highest BCUT2D eigenvalue weighted by Crippen LogP contribution is 2.57. The predicted molar refractivity (Wildman–Crippen MR) is 100 cm³/mol. The zero-order valence-corrected chi connectivity index (χ0v) is 16.1. The highest BCUT2D eigenvalue weighted by atomic mass is 32.2. The minimum absolute atomic E-state index is 0.0238. The molecular formula is C19H18F4O2S2. The third-order valence-corrected chi connectivity index (χ3v) is 7.75. The lowest BCUT2D eigenvalue weighted by molar-refractivity contribution is -0.0503. The van der Waals surface area contributed by atoms with E-state index in [0.717, 1.165) is 24.0 Å². The van der Waals surface area contributed by atoms with Crippen LogP contribution in [-0.2, 0) is 4.08 Å². The van der Waals surface area contributed by atoms with Gasteiger partial charge < -0.3 is 9.84 Å². The molecule has 1 fully saturated rings. The fourth-order valence-electron chi connectivity index (χ4n) is 3.08. The van der Waals surface area contributed by atoms with E-state index in [0.29, 0.717) is 16.7 Å². The Kier molecular flexibility index (Phi) is 6.28. The van der Waals surface area contributed by atoms with Crippen molar-refractivity contribution in [1.29, 1.82) is 0 Å². The second-order valence-corrected chi connectivity index (χ2v) is 9.12. The smallest absolute Gasteiger partial charge is 0.387 e. The Labute approximate surface area is 163 Å². The Morgan fingerprint density at radius 2 is 1.67 bits per heavy atom. The molecule has 1 aliphatic rings. The van der Waals surface area contributed by atoms with Crippen molar-refractivity contribution in [2.45, 2.75) is 30.1 Å². The van der Waals surface area contributed by atoms with E-state index in [9.17, 15) is 22.7 Å². The van der Waals surface area contributed by atoms with E-state index in [2.05, 4.69) is 4.74 Å². The van der Waals surface area contributed by atoms with Gasteiger partial charge in [0.25, 0.3) is 0 Å². The molecule has 8 heteroatoms. The molecule has 1 unspecified atom stereocenters. The summed E-state index contributed by atoms with van der Waals surface area (Å²) in [6.07, 6.45) is -0.171. The minimum Gasteiger partial charge on any atom is -0.435 e. The van der Waals surface area contributed by atoms with Gasteiger partial charge in [0.2, 0.25) is 0 Å². The molecule has 1 aliphatic heterocycles. The predicted octanol–water partition coefficient (Wildman–Crippen LogP) is 5.63. The Balaban J connectivity index is 2.01. The molecule has 0 aliphatic carbocycles. The number of ether oxygens (including phenoxy) is 1. The van der Waals surface area contributed by atoms with Gasteiger partial charge in [-0.25, -0.2) is 8.78 Å². The van der Waals surface area contributed by atoms with Crippen LogP contribution in [0.5, 0.6) is 5.75 Å². The summed E-state index contributed by atoms with van der Waals surface area (Å²) in [5, 5.41) is 11.2. The molecule has 1 heterocycles. The highest BCUT2D eigenvalue weighted by molar-refractivity contribution is 8.18. The summed E-state index contributed by atoms with van der Waals surface area (Å²) in [4.78, 5) is 0. The maximum absolute atomic E-state index is 13.8. The summed E-state index contributed by atoms with van der Waals surface area (Å²) in [7, 11) is 0. The van der Waals surface area contributed by atoms with Crippen LogP contribution < -0.4 is 4.74 Å². The van der Waals surface area contributed by atoms with Crippen molar-refractivity contribution in [3.8, 4) is 5.75 Å². The van der Waals surface area contributed by atoms with Crippen LogP contribution in [0.1, 0.15) is 29.2 Å². The number of aliphatic hydroxyl groups is 1. The quantitative estimate of drug-likeness (QED) is 0.637. The van der Waals surface area contributed by atoms with Gasteiger partial charge in [0.15, 0.2) is 0 Å². The van der Waals surface area contributed by atoms with Gasteiger partial charge in [0.05, 0.1) is 0 Å². The molecule has 3 rings (SSSR count). The monoisotopic (exact) mass is 418 g/mol. The van der Waals surface area contributed by atoms with E-state index in [-0.39, 0.29) is 5.75 Å². The Morgan fingerprint density at radius 3 is 2.22 bits per heavy atom. The molecule has 0 aromatic heterocycles. The molecule has 1 N–H and O–H groups in total. The van der Waals surface area contributed by atoms with E-state index in [1.165, 1.54) is 47.8 Å². The normalized spacial score (nSPS) is 17.7. The van der Waals surface area contributed by atoms with Crippen molar-refractivity contribution in [3.63, 3.8) is 0 Å². The first kappa shape index (κ1) is 20.4. The molecule has 2 aromatic carbocycles. The number of aliphatic hydroxyl groups excluding tert-OH is 1. The minimum atomic E-state index is -2.94. The second kappa shape index (κ2) is 8.32. The number of rotatable bonds is 5. The Morgan fingerprint density at radius 1 is 1.04 bits per heavy atom. The zero-order chi connectivity index (χ0) is 19.6. The van der Waals surface area contributed by atoms with Gasteiger partial charge in [-0.05, 0) is 65.8 Å². The van der Waals surface area contributed by atoms with E-state index in [1.54, 1.807) is 13.0 Å². The third kappa shape index (κ3) is 4.38. The molecule has 27 heavy (non-hydrogen) atoms. The van der Waals surface area contributed by atoms with Crippen molar-refractivity contribution >= 4 is 23.5 Å². The van der Waals surface area contributed by atoms with E-state index in [4.69, 9.17) is 0 Å². The summed E-state index contributed by atoms with van der Waals surface area (Å²) >= 11 is 2.87. The lowest BCUT2D eigenvalue weighted by Crippen LogP contribution is -2.31. The van der Waals surface area contributed by atoms with Gasteiger partial charge in [-0.15, -0.1) is 23.5 Å². The molecule has 2 aromatic rings. The maximum Gasteiger partial charge on any atom is 0.387 e. The summed E-state index contributed by atoms with van der Waals surface area (Å²) in [5.74, 6) is 0.0674. The lowest BCUT2D eigenvalue weighted by atomic mass is 9.98. The van der Waals surface area contributed by atoms with Crippen molar-refractivity contribution in [3.05, 3.63) is 64.7 Å². The molecule has 0 radical (unpaired) electrons. The molecule has 1 saturated heterocycles. The molecule has 0 spiro atoms. The van der Waals surface area contributed by atoms with Crippen LogP contribution in [0.25, 0.3) is 0 Å². The molecule has 2 nitrogen and oxygen atoms in total. The van der Waals surface area contributed by atoms with Crippen molar-refractivity contribution < 1.29 is 27.4 Å². The summed E-state index contributed by atoms with van der Waals surface area (Å²) < 4.78 is 56.0. The van der Waals surface area contributed by atoms with Gasteiger partial charge in [0, 0.05) is 6.07 Å². The average Bonchev–Trinajstić information content (AvgIpc) is 2.62. The number of alkyl halides is 2. The highest BCUT2D eigenvalue weighted by Gasteiger charge is 2.44. The molecular weight excluding hydrogens is 400 g/mol. The Hall–Kier alpha value is -1.38. The van der Waals surface area contributed by atoms with Gasteiger partial charge in [-0.3, -0.25) is 0 Å².